The Morgan fingerprint density at radius 3 is 1.73 bits per heavy atom. The van der Waals surface area contributed by atoms with Gasteiger partial charge in [0.05, 0.1) is 5.54 Å². The van der Waals surface area contributed by atoms with Crippen molar-refractivity contribution in [2.75, 3.05) is 4.90 Å². The van der Waals surface area contributed by atoms with E-state index in [9.17, 15) is 0 Å². The average molecular weight is 543 g/mol. The monoisotopic (exact) mass is 542 g/mol. The maximum Gasteiger partial charge on any atom is 0.234 e. The van der Waals surface area contributed by atoms with E-state index in [0.29, 0.717) is 11.8 Å². The maximum absolute atomic E-state index is 6.58. The molecule has 5 aromatic rings. The Kier molecular flexibility index (Phi) is 8.80. The van der Waals surface area contributed by atoms with E-state index in [2.05, 4.69) is 68.1 Å². The third-order valence-electron chi connectivity index (χ3n) is 7.75. The first-order valence-electron chi connectivity index (χ1n) is 14.5. The smallest absolute Gasteiger partial charge is 0.234 e. The van der Waals surface area contributed by atoms with Gasteiger partial charge >= 0.3 is 0 Å². The first kappa shape index (κ1) is 28.1. The van der Waals surface area contributed by atoms with Gasteiger partial charge in [0, 0.05) is 47.3 Å². The number of hydrogen-bond donors (Lipinski definition) is 1. The van der Waals surface area contributed by atoms with Gasteiger partial charge < -0.3 is 5.73 Å². The van der Waals surface area contributed by atoms with Crippen LogP contribution in [0.1, 0.15) is 57.8 Å². The molecule has 0 saturated heterocycles. The highest BCUT2D eigenvalue weighted by atomic mass is 15.3. The van der Waals surface area contributed by atoms with E-state index < -0.39 is 5.54 Å². The van der Waals surface area contributed by atoms with E-state index in [1.54, 1.807) is 0 Å². The van der Waals surface area contributed by atoms with Gasteiger partial charge in [0.1, 0.15) is 5.82 Å². The highest BCUT2D eigenvalue weighted by Gasteiger charge is 2.26. The molecule has 0 spiro atoms. The summed E-state index contributed by atoms with van der Waals surface area (Å²) >= 11 is 0. The quantitative estimate of drug-likeness (QED) is 0.180. The van der Waals surface area contributed by atoms with E-state index in [1.165, 1.54) is 5.56 Å². The van der Waals surface area contributed by atoms with E-state index in [-0.39, 0.29) is 0 Å². The topological polar surface area (TPSA) is 80.8 Å². The lowest BCUT2D eigenvalue weighted by atomic mass is 9.92. The lowest BCUT2D eigenvalue weighted by Gasteiger charge is -2.24. The van der Waals surface area contributed by atoms with Crippen LogP contribution in [0.2, 0.25) is 0 Å². The third-order valence-corrected chi connectivity index (χ3v) is 7.75. The number of nitrogens with zero attached hydrogens (tertiary/aromatic N) is 5. The van der Waals surface area contributed by atoms with Gasteiger partial charge in [0.2, 0.25) is 5.95 Å². The van der Waals surface area contributed by atoms with Crippen molar-refractivity contribution >= 4 is 17.3 Å². The Hall–Kier alpha value is -4.42. The number of para-hydroxylation sites is 2. The largest absolute Gasteiger partial charge is 0.319 e. The minimum Gasteiger partial charge on any atom is -0.319 e. The van der Waals surface area contributed by atoms with E-state index in [1.807, 2.05) is 61.2 Å². The van der Waals surface area contributed by atoms with Crippen molar-refractivity contribution in [1.82, 2.24) is 19.9 Å². The number of rotatable bonds is 11. The molecule has 2 aromatic heterocycles. The van der Waals surface area contributed by atoms with Gasteiger partial charge in [-0.1, -0.05) is 81.8 Å². The summed E-state index contributed by atoms with van der Waals surface area (Å²) in [5.41, 5.74) is 13.4. The van der Waals surface area contributed by atoms with Crippen LogP contribution in [0.25, 0.3) is 22.3 Å². The zero-order chi connectivity index (χ0) is 28.7. The SMILES string of the molecule is CCCCc1ccc(-c2cnc(N(c3ccccc3)c3ccccc3)nc2)c(-c2cnc(C(N)(CC)CC)nc2)c1. The van der Waals surface area contributed by atoms with Crippen LogP contribution in [0.4, 0.5) is 17.3 Å². The van der Waals surface area contributed by atoms with Crippen LogP contribution in [0.15, 0.2) is 104 Å². The number of benzene rings is 3. The first-order chi connectivity index (χ1) is 20.1. The molecule has 0 bridgehead atoms. The molecule has 6 heteroatoms. The molecule has 41 heavy (non-hydrogen) atoms. The van der Waals surface area contributed by atoms with E-state index >= 15 is 0 Å². The highest BCUT2D eigenvalue weighted by Crippen LogP contribution is 2.35. The van der Waals surface area contributed by atoms with Crippen LogP contribution in [-0.2, 0) is 12.0 Å². The molecule has 0 aliphatic rings. The van der Waals surface area contributed by atoms with Crippen LogP contribution in [0.3, 0.4) is 0 Å². The van der Waals surface area contributed by atoms with Crippen molar-refractivity contribution in [3.8, 4) is 22.3 Å². The molecular formula is C35H38N6. The molecule has 3 aromatic carbocycles. The lowest BCUT2D eigenvalue weighted by Crippen LogP contribution is -2.37. The molecule has 0 aliphatic carbocycles. The van der Waals surface area contributed by atoms with Crippen LogP contribution < -0.4 is 10.6 Å². The standard InChI is InChI=1S/C35H38N6/c1-4-7-14-26-19-20-31(32(21-26)28-22-37-33(38-23-28)35(36,5-2)6-3)27-24-39-34(40-25-27)41(29-15-10-8-11-16-29)30-17-12-9-13-18-30/h8-13,15-25H,4-7,14,36H2,1-3H3. The lowest BCUT2D eigenvalue weighted by molar-refractivity contribution is 0.387. The molecule has 0 radical (unpaired) electrons. The Morgan fingerprint density at radius 2 is 1.20 bits per heavy atom. The fraction of sp³-hybridized carbons (Fsp3) is 0.257. The molecule has 2 N–H and O–H groups in total. The maximum atomic E-state index is 6.58. The van der Waals surface area contributed by atoms with Crippen molar-refractivity contribution in [2.24, 2.45) is 5.73 Å². The van der Waals surface area contributed by atoms with Crippen LogP contribution >= 0.6 is 0 Å². The summed E-state index contributed by atoms with van der Waals surface area (Å²) in [5, 5.41) is 0. The van der Waals surface area contributed by atoms with Crippen molar-refractivity contribution in [1.29, 1.82) is 0 Å². The summed E-state index contributed by atoms with van der Waals surface area (Å²) in [5.74, 6) is 1.29. The molecule has 6 nitrogen and oxygen atoms in total. The molecule has 0 unspecified atom stereocenters. The molecular weight excluding hydrogens is 504 g/mol. The second kappa shape index (κ2) is 12.8. The number of aromatic nitrogens is 4. The summed E-state index contributed by atoms with van der Waals surface area (Å²) in [6, 6.07) is 27.0. The van der Waals surface area contributed by atoms with Gasteiger partial charge in [-0.25, -0.2) is 19.9 Å². The van der Waals surface area contributed by atoms with Gasteiger partial charge in [0.25, 0.3) is 0 Å². The second-order valence-electron chi connectivity index (χ2n) is 10.4. The number of unbranched alkanes of at least 4 members (excludes halogenated alkanes) is 1. The summed E-state index contributed by atoms with van der Waals surface area (Å²) in [4.78, 5) is 21.2. The predicted octanol–water partition coefficient (Wildman–Crippen LogP) is 8.39. The summed E-state index contributed by atoms with van der Waals surface area (Å²) in [6.45, 7) is 6.38. The first-order valence-corrected chi connectivity index (χ1v) is 14.5. The number of nitrogens with two attached hydrogens (primary N) is 1. The molecule has 2 heterocycles. The van der Waals surface area contributed by atoms with Crippen LogP contribution in [0, 0.1) is 0 Å². The number of aryl methyl sites for hydroxylation is 1. The zero-order valence-corrected chi connectivity index (χ0v) is 24.2. The molecule has 208 valence electrons. The minimum absolute atomic E-state index is 0.516. The van der Waals surface area contributed by atoms with Crippen molar-refractivity contribution in [3.05, 3.63) is 115 Å². The molecule has 5 rings (SSSR count). The molecule has 0 fully saturated rings. The molecule has 0 atom stereocenters. The Labute approximate surface area is 243 Å². The molecule has 0 amide bonds. The number of anilines is 3. The average Bonchev–Trinajstić information content (AvgIpc) is 3.05. The van der Waals surface area contributed by atoms with Crippen LogP contribution in [-0.4, -0.2) is 19.9 Å². The van der Waals surface area contributed by atoms with Crippen molar-refractivity contribution < 1.29 is 0 Å². The zero-order valence-electron chi connectivity index (χ0n) is 24.2. The minimum atomic E-state index is -0.516. The second-order valence-corrected chi connectivity index (χ2v) is 10.4. The van der Waals surface area contributed by atoms with Crippen molar-refractivity contribution in [2.45, 2.75) is 58.4 Å². The van der Waals surface area contributed by atoms with Gasteiger partial charge in [-0.2, -0.15) is 0 Å². The molecule has 0 saturated carbocycles. The van der Waals surface area contributed by atoms with Gasteiger partial charge in [0.15, 0.2) is 0 Å². The van der Waals surface area contributed by atoms with E-state index in [0.717, 1.165) is 65.7 Å². The highest BCUT2D eigenvalue weighted by molar-refractivity contribution is 5.83. The normalized spacial score (nSPS) is 11.4. The predicted molar refractivity (Wildman–Crippen MR) is 168 cm³/mol. The van der Waals surface area contributed by atoms with Gasteiger partial charge in [-0.05, 0) is 66.6 Å². The third kappa shape index (κ3) is 6.18. The fourth-order valence-corrected chi connectivity index (χ4v) is 5.02. The Morgan fingerprint density at radius 1 is 0.659 bits per heavy atom. The summed E-state index contributed by atoms with van der Waals surface area (Å²) in [6.07, 6.45) is 12.5. The molecule has 0 aliphatic heterocycles. The van der Waals surface area contributed by atoms with E-state index in [4.69, 9.17) is 25.7 Å². The number of hydrogen-bond acceptors (Lipinski definition) is 6. The van der Waals surface area contributed by atoms with Crippen molar-refractivity contribution in [3.63, 3.8) is 0 Å². The van der Waals surface area contributed by atoms with Crippen LogP contribution in [0.5, 0.6) is 0 Å². The Balaban J connectivity index is 1.54. The van der Waals surface area contributed by atoms with Gasteiger partial charge in [-0.3, -0.25) is 4.90 Å². The Bertz CT molecular complexity index is 1490. The van der Waals surface area contributed by atoms with Gasteiger partial charge in [-0.15, -0.1) is 0 Å². The fourth-order valence-electron chi connectivity index (χ4n) is 5.02. The summed E-state index contributed by atoms with van der Waals surface area (Å²) in [7, 11) is 0. The summed E-state index contributed by atoms with van der Waals surface area (Å²) < 4.78 is 0.